The summed E-state index contributed by atoms with van der Waals surface area (Å²) in [5.41, 5.74) is 1.09. The lowest BCUT2D eigenvalue weighted by molar-refractivity contribution is 0.152. The van der Waals surface area contributed by atoms with Crippen molar-refractivity contribution in [3.63, 3.8) is 0 Å². The summed E-state index contributed by atoms with van der Waals surface area (Å²) in [6, 6.07) is 7.48. The fourth-order valence-electron chi connectivity index (χ4n) is 3.51. The third kappa shape index (κ3) is 3.96. The summed E-state index contributed by atoms with van der Waals surface area (Å²) in [5.74, 6) is 1.49. The Kier molecular flexibility index (Phi) is 5.06. The molecule has 124 valence electrons. The fourth-order valence-corrected chi connectivity index (χ4v) is 3.51. The molecule has 1 fully saturated rings. The zero-order valence-electron chi connectivity index (χ0n) is 14.0. The summed E-state index contributed by atoms with van der Waals surface area (Å²) < 4.78 is 15.3. The van der Waals surface area contributed by atoms with Crippen LogP contribution in [0.1, 0.15) is 43.5 Å². The van der Waals surface area contributed by atoms with E-state index in [2.05, 4.69) is 22.0 Å². The van der Waals surface area contributed by atoms with E-state index in [4.69, 9.17) is 0 Å². The molecule has 4 nitrogen and oxygen atoms in total. The lowest BCUT2D eigenvalue weighted by Gasteiger charge is -2.35. The first-order valence-corrected chi connectivity index (χ1v) is 8.46. The van der Waals surface area contributed by atoms with E-state index in [9.17, 15) is 4.39 Å². The van der Waals surface area contributed by atoms with E-state index in [1.54, 1.807) is 18.5 Å². The minimum Gasteiger partial charge on any atom is -0.320 e. The molecule has 3 rings (SSSR count). The molecule has 1 aromatic heterocycles. The van der Waals surface area contributed by atoms with Crippen LogP contribution in [0.2, 0.25) is 0 Å². The Morgan fingerprint density at radius 1 is 1.30 bits per heavy atom. The van der Waals surface area contributed by atoms with E-state index < -0.39 is 0 Å². The molecular weight excluding hydrogens is 291 g/mol. The van der Waals surface area contributed by atoms with Gasteiger partial charge in [0.2, 0.25) is 0 Å². The van der Waals surface area contributed by atoms with Crippen molar-refractivity contribution in [2.24, 2.45) is 7.05 Å². The summed E-state index contributed by atoms with van der Waals surface area (Å²) in [6.45, 7) is 4.48. The molecule has 0 bridgehead atoms. The van der Waals surface area contributed by atoms with Crippen molar-refractivity contribution >= 4 is 0 Å². The van der Waals surface area contributed by atoms with Gasteiger partial charge in [-0.2, -0.15) is 0 Å². The summed E-state index contributed by atoms with van der Waals surface area (Å²) in [4.78, 5) is 2.55. The van der Waals surface area contributed by atoms with E-state index in [0.717, 1.165) is 50.2 Å². The molecule has 1 atom stereocenters. The smallest absolute Gasteiger partial charge is 0.135 e. The summed E-state index contributed by atoms with van der Waals surface area (Å²) in [7, 11) is 2.02. The van der Waals surface area contributed by atoms with Crippen LogP contribution in [0.4, 0.5) is 4.39 Å². The number of piperidine rings is 1. The second kappa shape index (κ2) is 7.21. The number of likely N-dealkylation sites (tertiary alicyclic amines) is 1. The SMILES string of the molecule is CC(CCc1cccc(F)c1)N1CCC(c2nncn2C)CC1. The van der Waals surface area contributed by atoms with Crippen LogP contribution in [-0.4, -0.2) is 38.8 Å². The van der Waals surface area contributed by atoms with Gasteiger partial charge in [-0.15, -0.1) is 10.2 Å². The highest BCUT2D eigenvalue weighted by Crippen LogP contribution is 2.27. The number of halogens is 1. The molecule has 0 N–H and O–H groups in total. The molecule has 1 saturated heterocycles. The lowest BCUT2D eigenvalue weighted by Crippen LogP contribution is -2.40. The van der Waals surface area contributed by atoms with Gasteiger partial charge in [0.05, 0.1) is 0 Å². The zero-order valence-corrected chi connectivity index (χ0v) is 14.0. The molecule has 1 aliphatic heterocycles. The average molecular weight is 316 g/mol. The molecule has 1 unspecified atom stereocenters. The van der Waals surface area contributed by atoms with Gasteiger partial charge in [-0.05, 0) is 63.4 Å². The van der Waals surface area contributed by atoms with Gasteiger partial charge in [0.25, 0.3) is 0 Å². The van der Waals surface area contributed by atoms with Crippen LogP contribution in [-0.2, 0) is 13.5 Å². The predicted octanol–water partition coefficient (Wildman–Crippen LogP) is 3.15. The topological polar surface area (TPSA) is 34.0 Å². The van der Waals surface area contributed by atoms with Crippen LogP contribution in [0, 0.1) is 5.82 Å². The van der Waals surface area contributed by atoms with Gasteiger partial charge in [-0.1, -0.05) is 12.1 Å². The van der Waals surface area contributed by atoms with Crippen molar-refractivity contribution in [1.82, 2.24) is 19.7 Å². The van der Waals surface area contributed by atoms with E-state index in [0.29, 0.717) is 12.0 Å². The first-order chi connectivity index (χ1) is 11.1. The van der Waals surface area contributed by atoms with Gasteiger partial charge >= 0.3 is 0 Å². The average Bonchev–Trinajstić information content (AvgIpc) is 2.99. The highest BCUT2D eigenvalue weighted by Gasteiger charge is 2.26. The quantitative estimate of drug-likeness (QED) is 0.850. The molecule has 0 amide bonds. The van der Waals surface area contributed by atoms with Crippen molar-refractivity contribution < 1.29 is 4.39 Å². The predicted molar refractivity (Wildman–Crippen MR) is 88.7 cm³/mol. The molecule has 5 heteroatoms. The summed E-state index contributed by atoms with van der Waals surface area (Å²) in [5, 5.41) is 8.24. The Labute approximate surface area is 137 Å². The van der Waals surface area contributed by atoms with Crippen LogP contribution in [0.15, 0.2) is 30.6 Å². The van der Waals surface area contributed by atoms with Crippen LogP contribution in [0.25, 0.3) is 0 Å². The summed E-state index contributed by atoms with van der Waals surface area (Å²) in [6.07, 6.45) is 6.05. The summed E-state index contributed by atoms with van der Waals surface area (Å²) >= 11 is 0. The normalized spacial score (nSPS) is 18.2. The van der Waals surface area contributed by atoms with Crippen molar-refractivity contribution in [3.8, 4) is 0 Å². The maximum atomic E-state index is 13.2. The fraction of sp³-hybridized carbons (Fsp3) is 0.556. The number of aryl methyl sites for hydroxylation is 2. The highest BCUT2D eigenvalue weighted by atomic mass is 19.1. The molecule has 0 saturated carbocycles. The Bertz CT molecular complexity index is 631. The van der Waals surface area contributed by atoms with E-state index >= 15 is 0 Å². The monoisotopic (exact) mass is 316 g/mol. The first kappa shape index (κ1) is 16.1. The molecule has 1 aliphatic rings. The Morgan fingerprint density at radius 3 is 2.74 bits per heavy atom. The third-order valence-electron chi connectivity index (χ3n) is 5.00. The Hall–Kier alpha value is -1.75. The van der Waals surface area contributed by atoms with Gasteiger partial charge in [0.1, 0.15) is 18.0 Å². The molecule has 1 aromatic carbocycles. The van der Waals surface area contributed by atoms with E-state index in [1.165, 1.54) is 6.07 Å². The second-order valence-corrected chi connectivity index (χ2v) is 6.63. The maximum absolute atomic E-state index is 13.2. The number of rotatable bonds is 5. The second-order valence-electron chi connectivity index (χ2n) is 6.63. The number of nitrogens with zero attached hydrogens (tertiary/aromatic N) is 4. The first-order valence-electron chi connectivity index (χ1n) is 8.46. The number of hydrogen-bond acceptors (Lipinski definition) is 3. The van der Waals surface area contributed by atoms with E-state index in [-0.39, 0.29) is 5.82 Å². The molecule has 0 spiro atoms. The molecular formula is C18H25FN4. The molecule has 2 heterocycles. The maximum Gasteiger partial charge on any atom is 0.135 e. The van der Waals surface area contributed by atoms with Gasteiger partial charge in [0.15, 0.2) is 0 Å². The molecule has 2 aromatic rings. The van der Waals surface area contributed by atoms with Crippen molar-refractivity contribution in [2.75, 3.05) is 13.1 Å². The highest BCUT2D eigenvalue weighted by molar-refractivity contribution is 5.16. The van der Waals surface area contributed by atoms with Crippen LogP contribution < -0.4 is 0 Å². The van der Waals surface area contributed by atoms with Crippen molar-refractivity contribution in [1.29, 1.82) is 0 Å². The zero-order chi connectivity index (χ0) is 16.2. The lowest BCUT2D eigenvalue weighted by atomic mass is 9.94. The van der Waals surface area contributed by atoms with Gasteiger partial charge in [0, 0.05) is 19.0 Å². The van der Waals surface area contributed by atoms with Gasteiger partial charge < -0.3 is 9.47 Å². The van der Waals surface area contributed by atoms with Gasteiger partial charge in [-0.25, -0.2) is 4.39 Å². The minimum absolute atomic E-state index is 0.139. The van der Waals surface area contributed by atoms with Gasteiger partial charge in [-0.3, -0.25) is 0 Å². The van der Waals surface area contributed by atoms with Crippen LogP contribution >= 0.6 is 0 Å². The number of aromatic nitrogens is 3. The molecule has 23 heavy (non-hydrogen) atoms. The standard InChI is InChI=1S/C18H25FN4/c1-14(6-7-15-4-3-5-17(19)12-15)23-10-8-16(9-11-23)18-21-20-13-22(18)2/h3-5,12-14,16H,6-11H2,1-2H3. The third-order valence-corrected chi connectivity index (χ3v) is 5.00. The Balaban J connectivity index is 1.48. The minimum atomic E-state index is -0.139. The van der Waals surface area contributed by atoms with E-state index in [1.807, 2.05) is 17.7 Å². The van der Waals surface area contributed by atoms with Crippen LogP contribution in [0.3, 0.4) is 0 Å². The number of hydrogen-bond donors (Lipinski definition) is 0. The molecule has 0 aliphatic carbocycles. The Morgan fingerprint density at radius 2 is 2.09 bits per heavy atom. The van der Waals surface area contributed by atoms with Crippen molar-refractivity contribution in [2.45, 2.75) is 44.6 Å². The largest absolute Gasteiger partial charge is 0.320 e. The molecule has 0 radical (unpaired) electrons. The van der Waals surface area contributed by atoms with Crippen LogP contribution in [0.5, 0.6) is 0 Å². The van der Waals surface area contributed by atoms with Crippen molar-refractivity contribution in [3.05, 3.63) is 47.8 Å². The number of benzene rings is 1.